The predicted molar refractivity (Wildman–Crippen MR) is 60.0 cm³/mol. The molecule has 0 rings (SSSR count). The number of hydrogen-bond acceptors (Lipinski definition) is 1. The molecule has 0 unspecified atom stereocenters. The molecule has 0 amide bonds. The Morgan fingerprint density at radius 1 is 0.909 bits per heavy atom. The molecule has 0 aromatic heterocycles. The molecule has 0 aromatic rings. The summed E-state index contributed by atoms with van der Waals surface area (Å²) < 4.78 is 3.14. The van der Waals surface area contributed by atoms with Crippen LogP contribution in [0.5, 0.6) is 0 Å². The summed E-state index contributed by atoms with van der Waals surface area (Å²) >= 11 is 2.21. The van der Waals surface area contributed by atoms with Gasteiger partial charge in [-0.15, -0.1) is 0 Å². The minimum absolute atomic E-state index is 1.17. The molecule has 0 radical (unpaired) electrons. The third kappa shape index (κ3) is 10.7. The van der Waals surface area contributed by atoms with Crippen molar-refractivity contribution in [2.45, 2.75) is 51.9 Å². The van der Waals surface area contributed by atoms with Gasteiger partial charge >= 0.3 is 0 Å². The van der Waals surface area contributed by atoms with Crippen LogP contribution in [-0.4, -0.2) is 6.54 Å². The summed E-state index contributed by atoms with van der Waals surface area (Å²) in [6.45, 7) is 3.44. The lowest BCUT2D eigenvalue weighted by molar-refractivity contribution is 0.590. The van der Waals surface area contributed by atoms with Crippen molar-refractivity contribution in [2.24, 2.45) is 0 Å². The zero-order chi connectivity index (χ0) is 8.36. The van der Waals surface area contributed by atoms with Crippen molar-refractivity contribution in [1.29, 1.82) is 0 Å². The monoisotopic (exact) mass is 269 g/mol. The van der Waals surface area contributed by atoms with E-state index in [1.807, 2.05) is 0 Å². The highest BCUT2D eigenvalue weighted by Crippen LogP contribution is 2.06. The largest absolute Gasteiger partial charge is 0.261 e. The Labute approximate surface area is 84.8 Å². The number of halogens is 1. The van der Waals surface area contributed by atoms with Crippen LogP contribution in [0.25, 0.3) is 0 Å². The molecule has 0 aliphatic carbocycles. The molecule has 0 aromatic carbocycles. The molecule has 11 heavy (non-hydrogen) atoms. The Morgan fingerprint density at radius 2 is 1.45 bits per heavy atom. The molecule has 1 N–H and O–H groups in total. The molecule has 0 saturated heterocycles. The standard InChI is InChI=1S/C9H20IN/c1-2-3-4-5-6-7-8-9-11-10/h11H,2-9H2,1H3. The lowest BCUT2D eigenvalue weighted by atomic mass is 10.1. The lowest BCUT2D eigenvalue weighted by Crippen LogP contribution is -1.98. The molecule has 0 heterocycles. The molecular formula is C9H20IN. The Morgan fingerprint density at radius 3 is 2.00 bits per heavy atom. The molecule has 0 atom stereocenters. The van der Waals surface area contributed by atoms with E-state index >= 15 is 0 Å². The Kier molecular flexibility index (Phi) is 11.4. The number of hydrogen-bond donors (Lipinski definition) is 1. The van der Waals surface area contributed by atoms with Crippen LogP contribution in [0.4, 0.5) is 0 Å². The van der Waals surface area contributed by atoms with Crippen LogP contribution in [-0.2, 0) is 0 Å². The molecule has 0 bridgehead atoms. The smallest absolute Gasteiger partial charge is 0.0169 e. The van der Waals surface area contributed by atoms with Crippen molar-refractivity contribution in [1.82, 2.24) is 3.53 Å². The SMILES string of the molecule is CCCCCCCCCNI. The Hall–Kier alpha value is 0.690. The quantitative estimate of drug-likeness (QED) is 0.402. The fourth-order valence-electron chi connectivity index (χ4n) is 1.15. The highest BCUT2D eigenvalue weighted by Gasteiger charge is 1.88. The van der Waals surface area contributed by atoms with Gasteiger partial charge in [0, 0.05) is 29.4 Å². The van der Waals surface area contributed by atoms with Crippen molar-refractivity contribution < 1.29 is 0 Å². The van der Waals surface area contributed by atoms with Crippen molar-refractivity contribution in [3.8, 4) is 0 Å². The summed E-state index contributed by atoms with van der Waals surface area (Å²) in [5.74, 6) is 0. The van der Waals surface area contributed by atoms with E-state index < -0.39 is 0 Å². The fourth-order valence-corrected chi connectivity index (χ4v) is 1.53. The zero-order valence-corrected chi connectivity index (χ0v) is 9.69. The van der Waals surface area contributed by atoms with Crippen molar-refractivity contribution in [2.75, 3.05) is 6.54 Å². The van der Waals surface area contributed by atoms with Gasteiger partial charge in [-0.2, -0.15) is 0 Å². The molecule has 1 nitrogen and oxygen atoms in total. The van der Waals surface area contributed by atoms with Gasteiger partial charge in [-0.05, 0) is 6.42 Å². The van der Waals surface area contributed by atoms with Crippen LogP contribution in [0.1, 0.15) is 51.9 Å². The second kappa shape index (κ2) is 10.7. The molecule has 2 heteroatoms. The van der Waals surface area contributed by atoms with Crippen molar-refractivity contribution >= 4 is 22.9 Å². The van der Waals surface area contributed by atoms with E-state index in [0.29, 0.717) is 0 Å². The molecular weight excluding hydrogens is 249 g/mol. The van der Waals surface area contributed by atoms with E-state index in [1.165, 1.54) is 51.5 Å². The van der Waals surface area contributed by atoms with Gasteiger partial charge in [0.25, 0.3) is 0 Å². The van der Waals surface area contributed by atoms with Crippen LogP contribution >= 0.6 is 22.9 Å². The van der Waals surface area contributed by atoms with E-state index in [9.17, 15) is 0 Å². The summed E-state index contributed by atoms with van der Waals surface area (Å²) in [6.07, 6.45) is 9.83. The van der Waals surface area contributed by atoms with Gasteiger partial charge in [-0.25, -0.2) is 0 Å². The maximum atomic E-state index is 3.14. The number of nitrogens with one attached hydrogen (secondary N) is 1. The molecule has 68 valence electrons. The van der Waals surface area contributed by atoms with Gasteiger partial charge in [0.15, 0.2) is 0 Å². The summed E-state index contributed by atoms with van der Waals surface area (Å²) in [6, 6.07) is 0. The number of unbranched alkanes of at least 4 members (excludes halogenated alkanes) is 6. The van der Waals surface area contributed by atoms with Gasteiger partial charge < -0.3 is 0 Å². The van der Waals surface area contributed by atoms with Gasteiger partial charge in [-0.3, -0.25) is 3.53 Å². The van der Waals surface area contributed by atoms with Gasteiger partial charge in [0.1, 0.15) is 0 Å². The summed E-state index contributed by atoms with van der Waals surface area (Å²) in [7, 11) is 0. The topological polar surface area (TPSA) is 12.0 Å². The summed E-state index contributed by atoms with van der Waals surface area (Å²) in [5.41, 5.74) is 0. The van der Waals surface area contributed by atoms with Gasteiger partial charge in [0.05, 0.1) is 0 Å². The van der Waals surface area contributed by atoms with Gasteiger partial charge in [-0.1, -0.05) is 45.4 Å². The van der Waals surface area contributed by atoms with E-state index in [2.05, 4.69) is 33.3 Å². The van der Waals surface area contributed by atoms with E-state index in [4.69, 9.17) is 0 Å². The summed E-state index contributed by atoms with van der Waals surface area (Å²) in [5, 5.41) is 0. The third-order valence-electron chi connectivity index (χ3n) is 1.87. The third-order valence-corrected chi connectivity index (χ3v) is 2.41. The first-order valence-electron chi connectivity index (χ1n) is 4.75. The minimum Gasteiger partial charge on any atom is -0.261 e. The highest BCUT2D eigenvalue weighted by atomic mass is 127. The zero-order valence-electron chi connectivity index (χ0n) is 7.53. The molecule has 0 spiro atoms. The maximum Gasteiger partial charge on any atom is 0.0169 e. The Balaban J connectivity index is 2.69. The average Bonchev–Trinajstić information content (AvgIpc) is 2.03. The van der Waals surface area contributed by atoms with Crippen molar-refractivity contribution in [3.63, 3.8) is 0 Å². The van der Waals surface area contributed by atoms with E-state index in [-0.39, 0.29) is 0 Å². The molecule has 0 saturated carbocycles. The van der Waals surface area contributed by atoms with Crippen LogP contribution in [0, 0.1) is 0 Å². The van der Waals surface area contributed by atoms with Crippen LogP contribution < -0.4 is 3.53 Å². The molecule has 0 aliphatic heterocycles. The first-order chi connectivity index (χ1) is 5.41. The first-order valence-corrected chi connectivity index (χ1v) is 5.83. The maximum absolute atomic E-state index is 3.14. The minimum atomic E-state index is 1.17. The van der Waals surface area contributed by atoms with Crippen LogP contribution in [0.3, 0.4) is 0 Å². The second-order valence-corrected chi connectivity index (χ2v) is 3.77. The number of rotatable bonds is 8. The molecule has 0 aliphatic rings. The molecule has 0 fully saturated rings. The van der Waals surface area contributed by atoms with E-state index in [0.717, 1.165) is 0 Å². The van der Waals surface area contributed by atoms with Crippen LogP contribution in [0.2, 0.25) is 0 Å². The first kappa shape index (κ1) is 11.7. The Bertz CT molecular complexity index is 58.6. The normalized spacial score (nSPS) is 10.4. The summed E-state index contributed by atoms with van der Waals surface area (Å²) in [4.78, 5) is 0. The average molecular weight is 269 g/mol. The lowest BCUT2D eigenvalue weighted by Gasteiger charge is -1.99. The van der Waals surface area contributed by atoms with E-state index in [1.54, 1.807) is 0 Å². The van der Waals surface area contributed by atoms with Gasteiger partial charge in [0.2, 0.25) is 0 Å². The van der Waals surface area contributed by atoms with Crippen LogP contribution in [0.15, 0.2) is 0 Å². The van der Waals surface area contributed by atoms with Crippen molar-refractivity contribution in [3.05, 3.63) is 0 Å². The highest BCUT2D eigenvalue weighted by molar-refractivity contribution is 14.1. The second-order valence-electron chi connectivity index (χ2n) is 3.00. The predicted octanol–water partition coefficient (Wildman–Crippen LogP) is 3.68. The fraction of sp³-hybridized carbons (Fsp3) is 1.00.